The summed E-state index contributed by atoms with van der Waals surface area (Å²) < 4.78 is 5.63. The van der Waals surface area contributed by atoms with Gasteiger partial charge in [-0.05, 0) is 61.5 Å². The fourth-order valence-electron chi connectivity index (χ4n) is 5.77. The summed E-state index contributed by atoms with van der Waals surface area (Å²) in [7, 11) is 0. The number of hydrogen-bond donors (Lipinski definition) is 1. The van der Waals surface area contributed by atoms with Crippen LogP contribution in [0, 0.1) is 35.5 Å². The fourth-order valence-corrected chi connectivity index (χ4v) is 5.77. The molecule has 4 fully saturated rings. The lowest BCUT2D eigenvalue weighted by atomic mass is 10.0. The van der Waals surface area contributed by atoms with Crippen molar-refractivity contribution in [2.45, 2.75) is 51.4 Å². The molecule has 1 amide bonds. The molecule has 4 heteroatoms. The number of benzene rings is 1. The van der Waals surface area contributed by atoms with Crippen molar-refractivity contribution < 1.29 is 14.3 Å². The summed E-state index contributed by atoms with van der Waals surface area (Å²) in [6.45, 7) is 0. The Kier molecular flexibility index (Phi) is 4.02. The van der Waals surface area contributed by atoms with E-state index in [1.165, 1.54) is 51.4 Å². The van der Waals surface area contributed by atoms with Crippen LogP contribution in [0.3, 0.4) is 0 Å². The number of carbonyl (C=O) groups excluding carboxylic acids is 2. The summed E-state index contributed by atoms with van der Waals surface area (Å²) in [5, 5.41) is 3.04. The zero-order chi connectivity index (χ0) is 17.7. The van der Waals surface area contributed by atoms with E-state index in [2.05, 4.69) is 5.32 Å². The first kappa shape index (κ1) is 16.3. The maximum Gasteiger partial charge on any atom is 0.314 e. The van der Waals surface area contributed by atoms with E-state index in [-0.39, 0.29) is 23.7 Å². The van der Waals surface area contributed by atoms with Crippen LogP contribution in [0.15, 0.2) is 24.3 Å². The second-order valence-corrected chi connectivity index (χ2v) is 8.71. The molecule has 1 aromatic rings. The molecule has 138 valence electrons. The Morgan fingerprint density at radius 3 is 2.04 bits per heavy atom. The molecule has 4 aliphatic rings. The van der Waals surface area contributed by atoms with Crippen molar-refractivity contribution >= 4 is 17.6 Å². The Morgan fingerprint density at radius 2 is 1.42 bits per heavy atom. The van der Waals surface area contributed by atoms with Gasteiger partial charge in [-0.2, -0.15) is 0 Å². The predicted octanol–water partition coefficient (Wildman–Crippen LogP) is 4.40. The third kappa shape index (κ3) is 2.93. The van der Waals surface area contributed by atoms with Gasteiger partial charge in [0, 0.05) is 17.7 Å². The van der Waals surface area contributed by atoms with E-state index >= 15 is 0 Å². The molecule has 1 aromatic carbocycles. The third-order valence-electron chi connectivity index (χ3n) is 7.21. The van der Waals surface area contributed by atoms with E-state index in [0.717, 1.165) is 5.69 Å². The average molecular weight is 353 g/mol. The van der Waals surface area contributed by atoms with Crippen LogP contribution in [0.4, 0.5) is 5.69 Å². The van der Waals surface area contributed by atoms with Gasteiger partial charge >= 0.3 is 5.97 Å². The van der Waals surface area contributed by atoms with Crippen LogP contribution in [0.5, 0.6) is 5.75 Å². The quantitative estimate of drug-likeness (QED) is 0.645. The third-order valence-corrected chi connectivity index (χ3v) is 7.21. The lowest BCUT2D eigenvalue weighted by Crippen LogP contribution is -2.16. The molecule has 0 heterocycles. The Balaban J connectivity index is 1.19. The van der Waals surface area contributed by atoms with Gasteiger partial charge in [0.2, 0.25) is 5.91 Å². The van der Waals surface area contributed by atoms with E-state index < -0.39 is 0 Å². The van der Waals surface area contributed by atoms with Gasteiger partial charge in [-0.25, -0.2) is 0 Å². The first-order valence-electron chi connectivity index (χ1n) is 10.3. The molecule has 2 unspecified atom stereocenters. The molecule has 0 bridgehead atoms. The number of fused-ring (bicyclic) bond motifs is 2. The minimum atomic E-state index is -0.0846. The van der Waals surface area contributed by atoms with Crippen molar-refractivity contribution in [2.24, 2.45) is 35.5 Å². The van der Waals surface area contributed by atoms with Gasteiger partial charge in [0.15, 0.2) is 0 Å². The van der Waals surface area contributed by atoms with E-state index in [4.69, 9.17) is 4.74 Å². The smallest absolute Gasteiger partial charge is 0.314 e. The first-order valence-corrected chi connectivity index (χ1v) is 10.3. The van der Waals surface area contributed by atoms with Crippen LogP contribution in [0.1, 0.15) is 51.4 Å². The lowest BCUT2D eigenvalue weighted by molar-refractivity contribution is -0.136. The summed E-state index contributed by atoms with van der Waals surface area (Å²) in [6, 6.07) is 7.31. The van der Waals surface area contributed by atoms with Crippen molar-refractivity contribution in [2.75, 3.05) is 5.32 Å². The van der Waals surface area contributed by atoms with E-state index in [0.29, 0.717) is 29.4 Å². The highest BCUT2D eigenvalue weighted by Crippen LogP contribution is 2.56. The van der Waals surface area contributed by atoms with Crippen molar-refractivity contribution in [3.05, 3.63) is 24.3 Å². The second kappa shape index (κ2) is 6.40. The number of esters is 1. The largest absolute Gasteiger partial charge is 0.426 e. The molecule has 1 N–H and O–H groups in total. The molecule has 5 rings (SSSR count). The van der Waals surface area contributed by atoms with Crippen LogP contribution in [0.2, 0.25) is 0 Å². The molecular weight excluding hydrogens is 326 g/mol. The van der Waals surface area contributed by atoms with Crippen molar-refractivity contribution in [3.63, 3.8) is 0 Å². The van der Waals surface area contributed by atoms with Crippen LogP contribution in [-0.2, 0) is 9.59 Å². The minimum Gasteiger partial charge on any atom is -0.426 e. The van der Waals surface area contributed by atoms with Gasteiger partial charge in [0.05, 0.1) is 5.92 Å². The van der Waals surface area contributed by atoms with Crippen LogP contribution >= 0.6 is 0 Å². The molecule has 0 aromatic heterocycles. The number of carbonyl (C=O) groups is 2. The number of amides is 1. The predicted molar refractivity (Wildman–Crippen MR) is 98.6 cm³/mol. The zero-order valence-corrected chi connectivity index (χ0v) is 15.2. The Labute approximate surface area is 154 Å². The highest BCUT2D eigenvalue weighted by atomic mass is 16.5. The number of nitrogens with one attached hydrogen (secondary N) is 1. The van der Waals surface area contributed by atoms with E-state index in [1.54, 1.807) is 12.1 Å². The molecule has 26 heavy (non-hydrogen) atoms. The molecule has 0 spiro atoms. The second-order valence-electron chi connectivity index (χ2n) is 8.71. The molecule has 0 saturated heterocycles. The highest BCUT2D eigenvalue weighted by Gasteiger charge is 2.56. The van der Waals surface area contributed by atoms with Crippen LogP contribution in [-0.4, -0.2) is 11.9 Å². The lowest BCUT2D eigenvalue weighted by Gasteiger charge is -2.08. The average Bonchev–Trinajstić information content (AvgIpc) is 3.54. The Bertz CT molecular complexity index is 649. The van der Waals surface area contributed by atoms with Crippen molar-refractivity contribution in [3.8, 4) is 5.75 Å². The molecule has 4 nitrogen and oxygen atoms in total. The SMILES string of the molecule is O=C(Nc1cccc(OC(=O)C2[C@H]3CCCC[C@@H]23)c1)C1[C@H]2CCCC[C@@H]12. The zero-order valence-electron chi connectivity index (χ0n) is 15.2. The number of hydrogen-bond acceptors (Lipinski definition) is 3. The van der Waals surface area contributed by atoms with Crippen molar-refractivity contribution in [1.29, 1.82) is 0 Å². The topological polar surface area (TPSA) is 55.4 Å². The fraction of sp³-hybridized carbons (Fsp3) is 0.636. The summed E-state index contributed by atoms with van der Waals surface area (Å²) >= 11 is 0. The van der Waals surface area contributed by atoms with Gasteiger partial charge in [-0.15, -0.1) is 0 Å². The first-order chi connectivity index (χ1) is 12.7. The van der Waals surface area contributed by atoms with Gasteiger partial charge in [-0.3, -0.25) is 9.59 Å². The summed E-state index contributed by atoms with van der Waals surface area (Å²) in [5.41, 5.74) is 0.733. The maximum absolute atomic E-state index is 12.5. The molecule has 0 aliphatic heterocycles. The Morgan fingerprint density at radius 1 is 0.846 bits per heavy atom. The molecule has 0 radical (unpaired) electrons. The van der Waals surface area contributed by atoms with Gasteiger partial charge in [0.25, 0.3) is 0 Å². The summed E-state index contributed by atoms with van der Waals surface area (Å²) in [5.74, 6) is 3.20. The maximum atomic E-state index is 12.5. The molecule has 6 atom stereocenters. The normalized spacial score (nSPS) is 37.1. The summed E-state index contributed by atoms with van der Waals surface area (Å²) in [4.78, 5) is 25.0. The van der Waals surface area contributed by atoms with Crippen LogP contribution < -0.4 is 10.1 Å². The Hall–Kier alpha value is -1.84. The number of ether oxygens (including phenoxy) is 1. The van der Waals surface area contributed by atoms with Crippen molar-refractivity contribution in [1.82, 2.24) is 0 Å². The molecular formula is C22H27NO3. The van der Waals surface area contributed by atoms with E-state index in [1.807, 2.05) is 12.1 Å². The number of anilines is 1. The van der Waals surface area contributed by atoms with Gasteiger partial charge in [-0.1, -0.05) is 31.7 Å². The standard InChI is InChI=1S/C22H27NO3/c24-21(19-15-8-1-2-9-16(15)19)23-13-6-5-7-14(12-13)26-22(25)20-17-10-3-4-11-18(17)20/h5-7,12,15-20H,1-4,8-11H2,(H,23,24)/t15-,16+,17-,18+,19?,20?. The summed E-state index contributed by atoms with van der Waals surface area (Å²) in [6.07, 6.45) is 9.76. The monoisotopic (exact) mass is 353 g/mol. The number of rotatable bonds is 4. The minimum absolute atomic E-state index is 0.0846. The van der Waals surface area contributed by atoms with Gasteiger partial charge < -0.3 is 10.1 Å². The molecule has 4 aliphatic carbocycles. The van der Waals surface area contributed by atoms with E-state index in [9.17, 15) is 9.59 Å². The van der Waals surface area contributed by atoms with Gasteiger partial charge in [0.1, 0.15) is 5.75 Å². The molecule has 4 saturated carbocycles. The highest BCUT2D eigenvalue weighted by molar-refractivity contribution is 5.95. The van der Waals surface area contributed by atoms with Crippen LogP contribution in [0.25, 0.3) is 0 Å².